The van der Waals surface area contributed by atoms with Crippen molar-refractivity contribution in [1.82, 2.24) is 19.4 Å². The van der Waals surface area contributed by atoms with Gasteiger partial charge in [-0.05, 0) is 11.6 Å². The Bertz CT molecular complexity index is 985. The maximum absolute atomic E-state index is 12.7. The second kappa shape index (κ2) is 4.56. The van der Waals surface area contributed by atoms with Crippen molar-refractivity contribution in [3.05, 3.63) is 76.8 Å². The zero-order valence-electron chi connectivity index (χ0n) is 11.2. The maximum atomic E-state index is 12.7. The molecule has 21 heavy (non-hydrogen) atoms. The topological polar surface area (TPSA) is 52.2 Å². The minimum absolute atomic E-state index is 0.0400. The SMILES string of the molecule is O=c1c2ccccc2c2nncn2n1Cc1ccccc1. The van der Waals surface area contributed by atoms with Crippen molar-refractivity contribution in [1.29, 1.82) is 0 Å². The van der Waals surface area contributed by atoms with Crippen LogP contribution < -0.4 is 5.56 Å². The third kappa shape index (κ3) is 1.82. The van der Waals surface area contributed by atoms with Crippen LogP contribution in [0.5, 0.6) is 0 Å². The number of hydrogen-bond donors (Lipinski definition) is 0. The zero-order chi connectivity index (χ0) is 14.2. The van der Waals surface area contributed by atoms with Gasteiger partial charge in [-0.3, -0.25) is 4.79 Å². The van der Waals surface area contributed by atoms with Crippen LogP contribution in [0, 0.1) is 0 Å². The Morgan fingerprint density at radius 1 is 0.905 bits per heavy atom. The molecule has 0 radical (unpaired) electrons. The molecule has 2 aromatic carbocycles. The first-order valence-electron chi connectivity index (χ1n) is 6.70. The van der Waals surface area contributed by atoms with Crippen LogP contribution >= 0.6 is 0 Å². The number of nitrogens with zero attached hydrogens (tertiary/aromatic N) is 4. The van der Waals surface area contributed by atoms with Crippen LogP contribution in [-0.4, -0.2) is 19.4 Å². The number of benzene rings is 2. The molecular weight excluding hydrogens is 264 g/mol. The van der Waals surface area contributed by atoms with Gasteiger partial charge in [0.05, 0.1) is 11.9 Å². The summed E-state index contributed by atoms with van der Waals surface area (Å²) in [6, 6.07) is 17.4. The summed E-state index contributed by atoms with van der Waals surface area (Å²) in [6.45, 7) is 0.485. The van der Waals surface area contributed by atoms with Crippen LogP contribution in [0.1, 0.15) is 5.56 Å². The molecule has 0 aliphatic rings. The van der Waals surface area contributed by atoms with Gasteiger partial charge in [-0.2, -0.15) is 0 Å². The minimum Gasteiger partial charge on any atom is -0.267 e. The summed E-state index contributed by atoms with van der Waals surface area (Å²) in [5.74, 6) is 0. The highest BCUT2D eigenvalue weighted by molar-refractivity contribution is 5.92. The van der Waals surface area contributed by atoms with Crippen molar-refractivity contribution in [3.8, 4) is 0 Å². The summed E-state index contributed by atoms with van der Waals surface area (Å²) < 4.78 is 3.38. The third-order valence-corrected chi connectivity index (χ3v) is 3.60. The van der Waals surface area contributed by atoms with Gasteiger partial charge in [0.25, 0.3) is 5.56 Å². The van der Waals surface area contributed by atoms with E-state index in [1.54, 1.807) is 15.5 Å². The lowest BCUT2D eigenvalue weighted by molar-refractivity contribution is 0.605. The largest absolute Gasteiger partial charge is 0.273 e. The first kappa shape index (κ1) is 11.8. The Morgan fingerprint density at radius 2 is 1.62 bits per heavy atom. The first-order chi connectivity index (χ1) is 10.3. The van der Waals surface area contributed by atoms with Gasteiger partial charge in [-0.25, -0.2) is 9.20 Å². The zero-order valence-corrected chi connectivity index (χ0v) is 11.2. The number of hydrogen-bond acceptors (Lipinski definition) is 3. The smallest absolute Gasteiger partial charge is 0.267 e. The second-order valence-corrected chi connectivity index (χ2v) is 4.89. The molecule has 2 aromatic heterocycles. The van der Waals surface area contributed by atoms with Gasteiger partial charge in [-0.1, -0.05) is 48.5 Å². The molecule has 0 aliphatic heterocycles. The highest BCUT2D eigenvalue weighted by Gasteiger charge is 2.11. The van der Waals surface area contributed by atoms with E-state index in [1.807, 2.05) is 54.6 Å². The molecule has 0 aliphatic carbocycles. The standard InChI is InChI=1S/C16H12N4O/c21-16-14-9-5-4-8-13(14)15-18-17-11-20(15)19(16)10-12-6-2-1-3-7-12/h1-9,11H,10H2. The molecule has 5 heteroatoms. The van der Waals surface area contributed by atoms with E-state index in [4.69, 9.17) is 0 Å². The molecule has 4 rings (SSSR count). The van der Waals surface area contributed by atoms with Gasteiger partial charge in [-0.15, -0.1) is 10.2 Å². The van der Waals surface area contributed by atoms with Crippen LogP contribution in [0.3, 0.4) is 0 Å². The van der Waals surface area contributed by atoms with E-state index >= 15 is 0 Å². The fourth-order valence-corrected chi connectivity index (χ4v) is 2.59. The Kier molecular flexibility index (Phi) is 2.57. The summed E-state index contributed by atoms with van der Waals surface area (Å²) >= 11 is 0. The lowest BCUT2D eigenvalue weighted by Crippen LogP contribution is -2.26. The van der Waals surface area contributed by atoms with Crippen molar-refractivity contribution in [3.63, 3.8) is 0 Å². The molecule has 2 heterocycles. The molecule has 0 N–H and O–H groups in total. The maximum Gasteiger partial charge on any atom is 0.273 e. The molecule has 5 nitrogen and oxygen atoms in total. The van der Waals surface area contributed by atoms with Crippen LogP contribution in [0.15, 0.2) is 65.7 Å². The average Bonchev–Trinajstić information content (AvgIpc) is 3.02. The molecule has 0 unspecified atom stereocenters. The summed E-state index contributed by atoms with van der Waals surface area (Å²) in [4.78, 5) is 12.7. The number of aromatic nitrogens is 4. The van der Waals surface area contributed by atoms with Crippen LogP contribution in [0.25, 0.3) is 16.4 Å². The second-order valence-electron chi connectivity index (χ2n) is 4.89. The van der Waals surface area contributed by atoms with E-state index < -0.39 is 0 Å². The van der Waals surface area contributed by atoms with E-state index in [9.17, 15) is 4.79 Å². The van der Waals surface area contributed by atoms with Crippen LogP contribution in [0.4, 0.5) is 0 Å². The molecule has 0 amide bonds. The van der Waals surface area contributed by atoms with Crippen LogP contribution in [0.2, 0.25) is 0 Å². The van der Waals surface area contributed by atoms with Crippen LogP contribution in [-0.2, 0) is 6.54 Å². The molecule has 0 saturated carbocycles. The average molecular weight is 276 g/mol. The molecule has 0 saturated heterocycles. The molecule has 0 atom stereocenters. The molecule has 0 spiro atoms. The fourth-order valence-electron chi connectivity index (χ4n) is 2.59. The highest BCUT2D eigenvalue weighted by Crippen LogP contribution is 2.15. The fraction of sp³-hybridized carbons (Fsp3) is 0.0625. The summed E-state index contributed by atoms with van der Waals surface area (Å²) in [5, 5.41) is 9.58. The van der Waals surface area contributed by atoms with E-state index in [0.29, 0.717) is 17.6 Å². The third-order valence-electron chi connectivity index (χ3n) is 3.60. The van der Waals surface area contributed by atoms with Crippen molar-refractivity contribution >= 4 is 16.4 Å². The molecule has 0 fully saturated rings. The van der Waals surface area contributed by atoms with E-state index in [0.717, 1.165) is 10.9 Å². The lowest BCUT2D eigenvalue weighted by Gasteiger charge is -2.10. The number of fused-ring (bicyclic) bond motifs is 3. The quantitative estimate of drug-likeness (QED) is 0.563. The van der Waals surface area contributed by atoms with Crippen molar-refractivity contribution in [2.75, 3.05) is 0 Å². The van der Waals surface area contributed by atoms with Crippen molar-refractivity contribution in [2.45, 2.75) is 6.54 Å². The predicted molar refractivity (Wildman–Crippen MR) is 80.3 cm³/mol. The Hall–Kier alpha value is -2.95. The van der Waals surface area contributed by atoms with Gasteiger partial charge in [0.2, 0.25) is 0 Å². The predicted octanol–water partition coefficient (Wildman–Crippen LogP) is 2.09. The van der Waals surface area contributed by atoms with Crippen molar-refractivity contribution < 1.29 is 0 Å². The Labute approximate surface area is 120 Å². The van der Waals surface area contributed by atoms with Gasteiger partial charge < -0.3 is 0 Å². The van der Waals surface area contributed by atoms with Crippen molar-refractivity contribution in [2.24, 2.45) is 0 Å². The summed E-state index contributed by atoms with van der Waals surface area (Å²) in [5.41, 5.74) is 1.72. The van der Waals surface area contributed by atoms with E-state index in [1.165, 1.54) is 0 Å². The molecule has 0 bridgehead atoms. The van der Waals surface area contributed by atoms with Gasteiger partial charge in [0.15, 0.2) is 5.65 Å². The van der Waals surface area contributed by atoms with Gasteiger partial charge >= 0.3 is 0 Å². The normalized spacial score (nSPS) is 11.2. The Balaban J connectivity index is 2.05. The van der Waals surface area contributed by atoms with E-state index in [2.05, 4.69) is 10.2 Å². The molecule has 4 aromatic rings. The molecule has 102 valence electrons. The molecular formula is C16H12N4O. The van der Waals surface area contributed by atoms with Gasteiger partial charge in [0.1, 0.15) is 6.33 Å². The Morgan fingerprint density at radius 3 is 2.43 bits per heavy atom. The highest BCUT2D eigenvalue weighted by atomic mass is 16.1. The first-order valence-corrected chi connectivity index (χ1v) is 6.70. The summed E-state index contributed by atoms with van der Waals surface area (Å²) in [7, 11) is 0. The monoisotopic (exact) mass is 276 g/mol. The van der Waals surface area contributed by atoms with E-state index in [-0.39, 0.29) is 5.56 Å². The van der Waals surface area contributed by atoms with Gasteiger partial charge in [0, 0.05) is 5.39 Å². The number of rotatable bonds is 2. The lowest BCUT2D eigenvalue weighted by atomic mass is 10.2. The summed E-state index contributed by atoms with van der Waals surface area (Å²) in [6.07, 6.45) is 1.58. The minimum atomic E-state index is -0.0400.